The Bertz CT molecular complexity index is 1650. The molecule has 0 fully saturated rings. The molecule has 0 radical (unpaired) electrons. The van der Waals surface area contributed by atoms with Crippen LogP contribution in [0.4, 0.5) is 11.4 Å². The highest BCUT2D eigenvalue weighted by Crippen LogP contribution is 2.36. The first-order chi connectivity index (χ1) is 20.9. The van der Waals surface area contributed by atoms with Gasteiger partial charge in [0.05, 0.1) is 10.9 Å². The summed E-state index contributed by atoms with van der Waals surface area (Å²) >= 11 is 1.25. The lowest BCUT2D eigenvalue weighted by atomic mass is 10.1. The number of aliphatic imine (C=N–C) groups is 2. The lowest BCUT2D eigenvalue weighted by Gasteiger charge is -2.27. The normalized spacial score (nSPS) is 17.0. The van der Waals surface area contributed by atoms with Crippen molar-refractivity contribution in [1.29, 1.82) is 0 Å². The maximum atomic E-state index is 13.7. The van der Waals surface area contributed by atoms with Gasteiger partial charge in [-0.2, -0.15) is 0 Å². The molecule has 0 saturated carbocycles. The quantitative estimate of drug-likeness (QED) is 0.361. The van der Waals surface area contributed by atoms with Gasteiger partial charge in [-0.15, -0.1) is 0 Å². The van der Waals surface area contributed by atoms with Gasteiger partial charge in [0.2, 0.25) is 18.6 Å². The number of benzene rings is 3. The number of thioether (sulfide) groups is 1. The summed E-state index contributed by atoms with van der Waals surface area (Å²) in [5.41, 5.74) is 4.08. The molecule has 3 heterocycles. The smallest absolute Gasteiger partial charge is 0.259 e. The third-order valence-electron chi connectivity index (χ3n) is 7.32. The van der Waals surface area contributed by atoms with Gasteiger partial charge >= 0.3 is 0 Å². The summed E-state index contributed by atoms with van der Waals surface area (Å²) in [6, 6.07) is 19.9. The number of hydrogen-bond acceptors (Lipinski definition) is 8. The molecule has 10 nitrogen and oxygen atoms in total. The molecule has 220 valence electrons. The number of rotatable bonds is 9. The fourth-order valence-corrected chi connectivity index (χ4v) is 6.09. The van der Waals surface area contributed by atoms with Crippen molar-refractivity contribution in [2.75, 3.05) is 12.1 Å². The van der Waals surface area contributed by atoms with Gasteiger partial charge in [0.25, 0.3) is 5.91 Å². The van der Waals surface area contributed by atoms with Crippen molar-refractivity contribution in [2.24, 2.45) is 9.98 Å². The summed E-state index contributed by atoms with van der Waals surface area (Å²) < 4.78 is 10.7. The van der Waals surface area contributed by atoms with E-state index < -0.39 is 11.3 Å². The number of amides is 3. The molecule has 2 unspecified atom stereocenters. The molecule has 2 atom stereocenters. The van der Waals surface area contributed by atoms with Crippen molar-refractivity contribution < 1.29 is 23.9 Å². The number of amidine groups is 2. The second-order valence-corrected chi connectivity index (χ2v) is 11.6. The maximum Gasteiger partial charge on any atom is 0.259 e. The van der Waals surface area contributed by atoms with Crippen LogP contribution in [-0.2, 0) is 20.9 Å². The fourth-order valence-electron chi connectivity index (χ4n) is 5.07. The number of nitrogens with one attached hydrogen (secondary N) is 2. The third-order valence-corrected chi connectivity index (χ3v) is 8.63. The van der Waals surface area contributed by atoms with Crippen LogP contribution in [0.2, 0.25) is 0 Å². The average Bonchev–Trinajstić information content (AvgIpc) is 3.61. The molecule has 3 aromatic rings. The lowest BCUT2D eigenvalue weighted by molar-refractivity contribution is -0.125. The Balaban J connectivity index is 1.13. The molecular formula is C32H31N5O5S. The van der Waals surface area contributed by atoms with Crippen molar-refractivity contribution >= 4 is 51.9 Å². The van der Waals surface area contributed by atoms with Crippen molar-refractivity contribution in [3.63, 3.8) is 0 Å². The minimum Gasteiger partial charge on any atom is -0.454 e. The van der Waals surface area contributed by atoms with Crippen molar-refractivity contribution in [3.05, 3.63) is 83.4 Å². The van der Waals surface area contributed by atoms with Gasteiger partial charge in [0.1, 0.15) is 11.9 Å². The molecule has 43 heavy (non-hydrogen) atoms. The first-order valence-electron chi connectivity index (χ1n) is 14.2. The zero-order chi connectivity index (χ0) is 29.9. The van der Waals surface area contributed by atoms with E-state index in [0.717, 1.165) is 22.4 Å². The van der Waals surface area contributed by atoms with Gasteiger partial charge in [-0.05, 0) is 67.3 Å². The van der Waals surface area contributed by atoms with Crippen LogP contribution in [0.15, 0.2) is 76.7 Å². The number of carbonyl (C=O) groups is 3. The fraction of sp³-hybridized carbons (Fsp3) is 0.281. The Hall–Kier alpha value is -4.64. The Morgan fingerprint density at radius 1 is 1.07 bits per heavy atom. The van der Waals surface area contributed by atoms with Crippen LogP contribution in [0.5, 0.6) is 11.5 Å². The minimum atomic E-state index is -0.732. The van der Waals surface area contributed by atoms with Crippen LogP contribution in [0, 0.1) is 6.92 Å². The molecule has 2 N–H and O–H groups in total. The van der Waals surface area contributed by atoms with Crippen molar-refractivity contribution in [3.8, 4) is 11.5 Å². The summed E-state index contributed by atoms with van der Waals surface area (Å²) in [7, 11) is 0. The largest absolute Gasteiger partial charge is 0.454 e. The Morgan fingerprint density at radius 3 is 2.74 bits per heavy atom. The third kappa shape index (κ3) is 6.12. The maximum absolute atomic E-state index is 13.7. The van der Waals surface area contributed by atoms with Crippen LogP contribution < -0.4 is 20.1 Å². The van der Waals surface area contributed by atoms with Crippen molar-refractivity contribution in [1.82, 2.24) is 10.2 Å². The van der Waals surface area contributed by atoms with Gasteiger partial charge in [-0.25, -0.2) is 9.89 Å². The van der Waals surface area contributed by atoms with Crippen LogP contribution in [0.1, 0.15) is 42.9 Å². The molecule has 0 saturated heterocycles. The topological polar surface area (TPSA) is 122 Å². The molecule has 3 amide bonds. The molecule has 3 aliphatic heterocycles. The van der Waals surface area contributed by atoms with E-state index in [1.807, 2.05) is 80.6 Å². The summed E-state index contributed by atoms with van der Waals surface area (Å²) in [6.07, 6.45) is 0.907. The standard InChI is InChI=1S/C32H31N5O5S/c1-3-27(30(39)34-21-8-6-7-19(2)15-21)43-32-36-23-10-5-4-9-22(23)29-35-24(31(40)37(29)32)12-14-28(38)33-17-20-11-13-25-26(16-20)42-18-41-25/h4-11,13,15-16,24,27H,3,12,14,17-18H2,1-2H3,(H,33,38)(H,34,39). The zero-order valence-electron chi connectivity index (χ0n) is 23.8. The summed E-state index contributed by atoms with van der Waals surface area (Å²) in [4.78, 5) is 50.7. The number of ether oxygens (including phenoxy) is 2. The van der Waals surface area contributed by atoms with Crippen LogP contribution >= 0.6 is 11.8 Å². The van der Waals surface area contributed by atoms with E-state index in [1.165, 1.54) is 16.7 Å². The number of anilines is 1. The molecule has 11 heteroatoms. The van der Waals surface area contributed by atoms with E-state index in [2.05, 4.69) is 10.6 Å². The summed E-state index contributed by atoms with van der Waals surface area (Å²) in [6.45, 7) is 4.42. The first kappa shape index (κ1) is 28.5. The van der Waals surface area contributed by atoms with Gasteiger partial charge in [-0.3, -0.25) is 19.4 Å². The molecule has 3 aromatic carbocycles. The van der Waals surface area contributed by atoms with Gasteiger partial charge < -0.3 is 20.1 Å². The van der Waals surface area contributed by atoms with E-state index in [4.69, 9.17) is 19.5 Å². The van der Waals surface area contributed by atoms with Crippen LogP contribution in [0.3, 0.4) is 0 Å². The van der Waals surface area contributed by atoms with Crippen LogP contribution in [0.25, 0.3) is 0 Å². The second kappa shape index (κ2) is 12.3. The van der Waals surface area contributed by atoms with E-state index in [1.54, 1.807) is 0 Å². The molecule has 0 bridgehead atoms. The molecule has 0 spiro atoms. The number of nitrogens with zero attached hydrogens (tertiary/aromatic N) is 3. The molecular weight excluding hydrogens is 566 g/mol. The summed E-state index contributed by atoms with van der Waals surface area (Å²) in [5, 5.41) is 5.81. The van der Waals surface area contributed by atoms with E-state index in [-0.39, 0.29) is 37.4 Å². The second-order valence-electron chi connectivity index (χ2n) is 10.4. The predicted molar refractivity (Wildman–Crippen MR) is 166 cm³/mol. The number of carbonyl (C=O) groups excluding carboxylic acids is 3. The Morgan fingerprint density at radius 2 is 1.91 bits per heavy atom. The van der Waals surface area contributed by atoms with E-state index in [0.29, 0.717) is 41.2 Å². The van der Waals surface area contributed by atoms with Crippen LogP contribution in [-0.4, -0.2) is 51.7 Å². The highest BCUT2D eigenvalue weighted by Gasteiger charge is 2.42. The molecule has 0 aromatic heterocycles. The predicted octanol–water partition coefficient (Wildman–Crippen LogP) is 4.93. The van der Waals surface area contributed by atoms with Crippen molar-refractivity contribution in [2.45, 2.75) is 50.9 Å². The summed E-state index contributed by atoms with van der Waals surface area (Å²) in [5.74, 6) is 1.24. The molecule has 3 aliphatic rings. The number of para-hydroxylation sites is 1. The highest BCUT2D eigenvalue weighted by atomic mass is 32.2. The van der Waals surface area contributed by atoms with Gasteiger partial charge in [0, 0.05) is 24.2 Å². The highest BCUT2D eigenvalue weighted by molar-refractivity contribution is 8.15. The zero-order valence-corrected chi connectivity index (χ0v) is 24.6. The van der Waals surface area contributed by atoms with E-state index >= 15 is 0 Å². The SMILES string of the molecule is CCC(SC1=Nc2ccccc2C2=NC(CCC(=O)NCc3ccc4c(c3)OCO4)C(=O)N12)C(=O)Nc1cccc(C)c1. The monoisotopic (exact) mass is 597 g/mol. The number of aryl methyl sites for hydroxylation is 1. The van der Waals surface area contributed by atoms with E-state index in [9.17, 15) is 14.4 Å². The first-order valence-corrected chi connectivity index (χ1v) is 15.1. The molecule has 6 rings (SSSR count). The van der Waals surface area contributed by atoms with Gasteiger partial charge in [0.15, 0.2) is 16.7 Å². The Kier molecular flexibility index (Phi) is 8.15. The number of hydrogen-bond donors (Lipinski definition) is 2. The Labute approximate surface area is 253 Å². The molecule has 0 aliphatic carbocycles. The number of fused-ring (bicyclic) bond motifs is 4. The van der Waals surface area contributed by atoms with Gasteiger partial charge in [-0.1, -0.05) is 49.0 Å². The lowest BCUT2D eigenvalue weighted by Crippen LogP contribution is -2.42. The average molecular weight is 598 g/mol. The minimum absolute atomic E-state index is 0.128.